The third-order valence-electron chi connectivity index (χ3n) is 4.86. The van der Waals surface area contributed by atoms with E-state index in [1.807, 2.05) is 24.3 Å². The molecule has 1 unspecified atom stereocenters. The number of para-hydroxylation sites is 1. The second-order valence-electron chi connectivity index (χ2n) is 7.37. The molecule has 0 spiro atoms. The average Bonchev–Trinajstić information content (AvgIpc) is 2.78. The Hall–Kier alpha value is -3.62. The number of esters is 1. The monoisotopic (exact) mass is 459 g/mol. The fourth-order valence-corrected chi connectivity index (χ4v) is 3.31. The smallest absolute Gasteiger partial charge is 0.391 e. The number of amides is 1. The summed E-state index contributed by atoms with van der Waals surface area (Å²) in [7, 11) is 0. The number of aromatic nitrogens is 1. The van der Waals surface area contributed by atoms with Crippen LogP contribution >= 0.6 is 0 Å². The minimum absolute atomic E-state index is 0.0367. The zero-order valence-corrected chi connectivity index (χ0v) is 18.0. The normalized spacial score (nSPS) is 12.2. The molecule has 0 aliphatic rings. The number of hydrogen-bond donors (Lipinski definition) is 2. The molecule has 1 atom stereocenters. The summed E-state index contributed by atoms with van der Waals surface area (Å²) >= 11 is 0. The number of halogens is 3. The van der Waals surface area contributed by atoms with Crippen molar-refractivity contribution in [2.24, 2.45) is 0 Å². The first-order valence-electron chi connectivity index (χ1n) is 10.5. The maximum Gasteiger partial charge on any atom is 0.391 e. The predicted octanol–water partition coefficient (Wildman–Crippen LogP) is 5.02. The van der Waals surface area contributed by atoms with Crippen molar-refractivity contribution in [3.8, 4) is 0 Å². The van der Waals surface area contributed by atoms with Crippen LogP contribution in [-0.4, -0.2) is 36.2 Å². The van der Waals surface area contributed by atoms with Gasteiger partial charge in [-0.2, -0.15) is 13.2 Å². The Bertz CT molecular complexity index is 1100. The highest BCUT2D eigenvalue weighted by Gasteiger charge is 2.33. The van der Waals surface area contributed by atoms with Crippen molar-refractivity contribution in [1.29, 1.82) is 0 Å². The molecule has 0 bridgehead atoms. The van der Waals surface area contributed by atoms with Crippen molar-refractivity contribution in [2.45, 2.75) is 32.0 Å². The van der Waals surface area contributed by atoms with Gasteiger partial charge in [-0.3, -0.25) is 14.6 Å². The van der Waals surface area contributed by atoms with E-state index in [4.69, 9.17) is 4.74 Å². The molecule has 0 saturated heterocycles. The van der Waals surface area contributed by atoms with Crippen LogP contribution in [0.2, 0.25) is 0 Å². The van der Waals surface area contributed by atoms with Crippen LogP contribution in [0.25, 0.3) is 10.9 Å². The van der Waals surface area contributed by atoms with Gasteiger partial charge in [-0.25, -0.2) is 0 Å². The number of pyridine rings is 1. The predicted molar refractivity (Wildman–Crippen MR) is 119 cm³/mol. The molecule has 0 aliphatic heterocycles. The summed E-state index contributed by atoms with van der Waals surface area (Å²) in [6.45, 7) is 2.05. The van der Waals surface area contributed by atoms with E-state index in [1.165, 1.54) is 30.5 Å². The van der Waals surface area contributed by atoms with Crippen molar-refractivity contribution in [1.82, 2.24) is 10.3 Å². The number of carbonyl (C=O) groups excluding carboxylic acids is 2. The topological polar surface area (TPSA) is 80.3 Å². The van der Waals surface area contributed by atoms with Crippen LogP contribution in [0.4, 0.5) is 18.9 Å². The molecule has 3 aromatic rings. The number of nitrogens with zero attached hydrogens (tertiary/aromatic N) is 1. The van der Waals surface area contributed by atoms with E-state index >= 15 is 0 Å². The number of benzene rings is 2. The molecule has 0 fully saturated rings. The molecule has 2 aromatic carbocycles. The lowest BCUT2D eigenvalue weighted by Gasteiger charge is -2.22. The number of carbonyl (C=O) groups is 2. The maximum atomic E-state index is 13.3. The third-order valence-corrected chi connectivity index (χ3v) is 4.86. The van der Waals surface area contributed by atoms with Gasteiger partial charge >= 0.3 is 12.1 Å². The van der Waals surface area contributed by atoms with Gasteiger partial charge in [0.2, 0.25) is 0 Å². The van der Waals surface area contributed by atoms with Gasteiger partial charge in [-0.1, -0.05) is 30.3 Å². The molecule has 1 aromatic heterocycles. The number of rotatable bonds is 9. The van der Waals surface area contributed by atoms with Crippen LogP contribution < -0.4 is 10.6 Å². The van der Waals surface area contributed by atoms with E-state index in [0.29, 0.717) is 11.3 Å². The van der Waals surface area contributed by atoms with Crippen LogP contribution in [0.1, 0.15) is 41.7 Å². The van der Waals surface area contributed by atoms with Crippen molar-refractivity contribution < 1.29 is 27.5 Å². The molecule has 33 heavy (non-hydrogen) atoms. The SMILES string of the molecule is CCOC(=O)CCNC(=O)c1ccc(C(CC(F)(F)F)Nc2cnc3ccccc3c2)cc1. The molecule has 0 radical (unpaired) electrons. The summed E-state index contributed by atoms with van der Waals surface area (Å²) < 4.78 is 44.6. The van der Waals surface area contributed by atoms with E-state index < -0.39 is 30.5 Å². The second-order valence-corrected chi connectivity index (χ2v) is 7.37. The van der Waals surface area contributed by atoms with Gasteiger partial charge in [0.25, 0.3) is 5.91 Å². The maximum absolute atomic E-state index is 13.3. The van der Waals surface area contributed by atoms with E-state index in [0.717, 1.165) is 10.9 Å². The summed E-state index contributed by atoms with van der Waals surface area (Å²) in [5.74, 6) is -0.845. The summed E-state index contributed by atoms with van der Waals surface area (Å²) in [6.07, 6.45) is -3.96. The van der Waals surface area contributed by atoms with Crippen LogP contribution in [0, 0.1) is 0 Å². The van der Waals surface area contributed by atoms with E-state index in [9.17, 15) is 22.8 Å². The summed E-state index contributed by atoms with van der Waals surface area (Å²) in [5.41, 5.74) is 1.86. The standard InChI is InChI=1S/C24H24F3N3O3/c1-2-33-22(31)11-12-28-23(32)17-9-7-16(8-10-17)21(14-24(25,26)27)30-19-13-18-5-3-4-6-20(18)29-15-19/h3-10,13,15,21,30H,2,11-12,14H2,1H3,(H,28,32). The van der Waals surface area contributed by atoms with E-state index in [-0.39, 0.29) is 25.1 Å². The average molecular weight is 459 g/mol. The molecule has 0 aliphatic carbocycles. The van der Waals surface area contributed by atoms with Gasteiger partial charge in [-0.05, 0) is 36.8 Å². The Kier molecular flexibility index (Phi) is 7.87. The Morgan fingerprint density at radius 2 is 1.82 bits per heavy atom. The first kappa shape index (κ1) is 24.0. The number of nitrogens with one attached hydrogen (secondary N) is 2. The minimum atomic E-state index is -4.40. The lowest BCUT2D eigenvalue weighted by atomic mass is 10.0. The second kappa shape index (κ2) is 10.8. The zero-order chi connectivity index (χ0) is 23.8. The van der Waals surface area contributed by atoms with E-state index in [1.54, 1.807) is 13.0 Å². The number of hydrogen-bond acceptors (Lipinski definition) is 5. The van der Waals surface area contributed by atoms with Gasteiger partial charge in [0, 0.05) is 17.5 Å². The first-order chi connectivity index (χ1) is 15.7. The Morgan fingerprint density at radius 3 is 2.52 bits per heavy atom. The molecular weight excluding hydrogens is 435 g/mol. The van der Waals surface area contributed by atoms with Crippen molar-refractivity contribution in [3.05, 3.63) is 71.9 Å². The third kappa shape index (κ3) is 7.20. The summed E-state index contributed by atoms with van der Waals surface area (Å²) in [4.78, 5) is 27.9. The Morgan fingerprint density at radius 1 is 1.09 bits per heavy atom. The fourth-order valence-electron chi connectivity index (χ4n) is 3.31. The highest BCUT2D eigenvalue weighted by Crippen LogP contribution is 2.32. The Labute approximate surface area is 189 Å². The van der Waals surface area contributed by atoms with Crippen molar-refractivity contribution in [3.63, 3.8) is 0 Å². The summed E-state index contributed by atoms with van der Waals surface area (Å²) in [5, 5.41) is 6.31. The van der Waals surface area contributed by atoms with Crippen LogP contribution in [0.5, 0.6) is 0 Å². The highest BCUT2D eigenvalue weighted by molar-refractivity contribution is 5.94. The highest BCUT2D eigenvalue weighted by atomic mass is 19.4. The molecule has 1 amide bonds. The quantitative estimate of drug-likeness (QED) is 0.439. The molecule has 174 valence electrons. The van der Waals surface area contributed by atoms with Crippen LogP contribution in [0.3, 0.4) is 0 Å². The lowest BCUT2D eigenvalue weighted by Crippen LogP contribution is -2.26. The molecule has 2 N–H and O–H groups in total. The van der Waals surface area contributed by atoms with Gasteiger partial charge in [0.15, 0.2) is 0 Å². The Balaban J connectivity index is 1.71. The van der Waals surface area contributed by atoms with E-state index in [2.05, 4.69) is 15.6 Å². The van der Waals surface area contributed by atoms with Crippen LogP contribution in [0.15, 0.2) is 60.8 Å². The van der Waals surface area contributed by atoms with Gasteiger partial charge in [0.1, 0.15) is 0 Å². The molecule has 0 saturated carbocycles. The fraction of sp³-hybridized carbons (Fsp3) is 0.292. The number of alkyl halides is 3. The van der Waals surface area contributed by atoms with Gasteiger partial charge in [-0.15, -0.1) is 0 Å². The van der Waals surface area contributed by atoms with Crippen LogP contribution in [-0.2, 0) is 9.53 Å². The molecular formula is C24H24F3N3O3. The first-order valence-corrected chi connectivity index (χ1v) is 10.5. The molecule has 6 nitrogen and oxygen atoms in total. The molecule has 9 heteroatoms. The summed E-state index contributed by atoms with van der Waals surface area (Å²) in [6, 6.07) is 13.9. The van der Waals surface area contributed by atoms with Crippen molar-refractivity contribution in [2.75, 3.05) is 18.5 Å². The van der Waals surface area contributed by atoms with Gasteiger partial charge < -0.3 is 15.4 Å². The minimum Gasteiger partial charge on any atom is -0.466 e. The number of ether oxygens (including phenoxy) is 1. The zero-order valence-electron chi connectivity index (χ0n) is 18.0. The largest absolute Gasteiger partial charge is 0.466 e. The van der Waals surface area contributed by atoms with Crippen molar-refractivity contribution >= 4 is 28.5 Å². The van der Waals surface area contributed by atoms with Gasteiger partial charge in [0.05, 0.1) is 42.9 Å². The molecule has 3 rings (SSSR count). The lowest BCUT2D eigenvalue weighted by molar-refractivity contribution is -0.143. The molecule has 1 heterocycles. The number of anilines is 1. The number of fused-ring (bicyclic) bond motifs is 1.